The van der Waals surface area contributed by atoms with Crippen LogP contribution in [0.4, 0.5) is 5.69 Å². The van der Waals surface area contributed by atoms with Crippen LogP contribution in [0.5, 0.6) is 0 Å². The number of nitrogens with zero attached hydrogens (tertiary/aromatic N) is 1. The molecule has 1 aromatic carbocycles. The van der Waals surface area contributed by atoms with Gasteiger partial charge in [0, 0.05) is 25.2 Å². The largest absolute Gasteiger partial charge is 0.399 e. The van der Waals surface area contributed by atoms with E-state index in [9.17, 15) is 4.79 Å². The highest BCUT2D eigenvalue weighted by Gasteiger charge is 2.27. The fourth-order valence-corrected chi connectivity index (χ4v) is 2.01. The molecule has 0 atom stereocenters. The first-order chi connectivity index (χ1) is 7.66. The summed E-state index contributed by atoms with van der Waals surface area (Å²) >= 11 is 0. The minimum atomic E-state index is 0.269. The van der Waals surface area contributed by atoms with Gasteiger partial charge in [-0.1, -0.05) is 18.6 Å². The van der Waals surface area contributed by atoms with Crippen LogP contribution in [0, 0.1) is 5.92 Å². The van der Waals surface area contributed by atoms with Gasteiger partial charge >= 0.3 is 0 Å². The SMILES string of the molecule is CN(Cc1cccc(N)c1)C(=O)C1CCC1. The lowest BCUT2D eigenvalue weighted by atomic mass is 9.84. The zero-order chi connectivity index (χ0) is 11.5. The molecule has 0 bridgehead atoms. The maximum Gasteiger partial charge on any atom is 0.225 e. The average Bonchev–Trinajstić information content (AvgIpc) is 2.14. The van der Waals surface area contributed by atoms with E-state index in [2.05, 4.69) is 0 Å². The first-order valence-electron chi connectivity index (χ1n) is 5.76. The summed E-state index contributed by atoms with van der Waals surface area (Å²) in [4.78, 5) is 13.7. The summed E-state index contributed by atoms with van der Waals surface area (Å²) in [7, 11) is 1.86. The van der Waals surface area contributed by atoms with Gasteiger partial charge in [0.05, 0.1) is 0 Å². The third-order valence-corrected chi connectivity index (χ3v) is 3.20. The second-order valence-corrected chi connectivity index (χ2v) is 4.57. The minimum absolute atomic E-state index is 0.269. The van der Waals surface area contributed by atoms with Crippen LogP contribution < -0.4 is 5.73 Å². The van der Waals surface area contributed by atoms with Crippen LogP contribution in [-0.2, 0) is 11.3 Å². The molecule has 1 aromatic rings. The number of benzene rings is 1. The molecule has 0 unspecified atom stereocenters. The monoisotopic (exact) mass is 218 g/mol. The maximum absolute atomic E-state index is 11.9. The van der Waals surface area contributed by atoms with Crippen LogP contribution in [0.15, 0.2) is 24.3 Å². The minimum Gasteiger partial charge on any atom is -0.399 e. The van der Waals surface area contributed by atoms with Gasteiger partial charge in [-0.25, -0.2) is 0 Å². The predicted molar refractivity (Wildman–Crippen MR) is 64.7 cm³/mol. The van der Waals surface area contributed by atoms with Gasteiger partial charge < -0.3 is 10.6 Å². The Kier molecular flexibility index (Phi) is 3.13. The van der Waals surface area contributed by atoms with Gasteiger partial charge in [-0.3, -0.25) is 4.79 Å². The van der Waals surface area contributed by atoms with Crippen LogP contribution >= 0.6 is 0 Å². The van der Waals surface area contributed by atoms with E-state index in [4.69, 9.17) is 5.73 Å². The summed E-state index contributed by atoms with van der Waals surface area (Å²) < 4.78 is 0. The van der Waals surface area contributed by atoms with E-state index < -0.39 is 0 Å². The molecule has 3 heteroatoms. The number of hydrogen-bond acceptors (Lipinski definition) is 2. The molecule has 0 aliphatic heterocycles. The molecular formula is C13H18N2O. The Bertz CT molecular complexity index is 385. The Morgan fingerprint density at radius 3 is 2.81 bits per heavy atom. The van der Waals surface area contributed by atoms with Crippen LogP contribution in [0.2, 0.25) is 0 Å². The fraction of sp³-hybridized carbons (Fsp3) is 0.462. The molecule has 1 fully saturated rings. The van der Waals surface area contributed by atoms with Gasteiger partial charge in [0.2, 0.25) is 5.91 Å². The normalized spacial score (nSPS) is 15.6. The van der Waals surface area contributed by atoms with Gasteiger partial charge in [0.15, 0.2) is 0 Å². The van der Waals surface area contributed by atoms with Crippen molar-refractivity contribution in [2.24, 2.45) is 5.92 Å². The summed E-state index contributed by atoms with van der Waals surface area (Å²) in [6, 6.07) is 7.70. The highest BCUT2D eigenvalue weighted by Crippen LogP contribution is 2.28. The molecule has 3 nitrogen and oxygen atoms in total. The van der Waals surface area contributed by atoms with Crippen molar-refractivity contribution in [3.05, 3.63) is 29.8 Å². The lowest BCUT2D eigenvalue weighted by Crippen LogP contribution is -2.35. The van der Waals surface area contributed by atoms with Crippen LogP contribution in [0.1, 0.15) is 24.8 Å². The van der Waals surface area contributed by atoms with E-state index in [-0.39, 0.29) is 11.8 Å². The molecule has 0 spiro atoms. The number of rotatable bonds is 3. The van der Waals surface area contributed by atoms with Crippen LogP contribution in [0.25, 0.3) is 0 Å². The van der Waals surface area contributed by atoms with E-state index >= 15 is 0 Å². The quantitative estimate of drug-likeness (QED) is 0.789. The summed E-state index contributed by atoms with van der Waals surface area (Å²) in [5, 5.41) is 0. The molecule has 16 heavy (non-hydrogen) atoms. The van der Waals surface area contributed by atoms with E-state index in [1.165, 1.54) is 6.42 Å². The van der Waals surface area contributed by atoms with E-state index in [0.29, 0.717) is 6.54 Å². The molecule has 0 aromatic heterocycles. The number of carbonyl (C=O) groups excluding carboxylic acids is 1. The Labute approximate surface area is 96.2 Å². The van der Waals surface area contributed by atoms with Crippen molar-refractivity contribution < 1.29 is 4.79 Å². The molecule has 1 aliphatic carbocycles. The highest BCUT2D eigenvalue weighted by molar-refractivity contribution is 5.79. The third kappa shape index (κ3) is 2.35. The number of nitrogen functional groups attached to an aromatic ring is 1. The van der Waals surface area contributed by atoms with Gasteiger partial charge in [-0.2, -0.15) is 0 Å². The second kappa shape index (κ2) is 4.56. The van der Waals surface area contributed by atoms with Gasteiger partial charge in [0.1, 0.15) is 0 Å². The lowest BCUT2D eigenvalue weighted by molar-refractivity contribution is -0.137. The standard InChI is InChI=1S/C13H18N2O/c1-15(13(16)11-5-3-6-11)9-10-4-2-7-12(14)8-10/h2,4,7-8,11H,3,5-6,9,14H2,1H3. The summed E-state index contributed by atoms with van der Waals surface area (Å²) in [6.07, 6.45) is 3.31. The summed E-state index contributed by atoms with van der Waals surface area (Å²) in [5.74, 6) is 0.541. The number of nitrogens with two attached hydrogens (primary N) is 1. The average molecular weight is 218 g/mol. The molecule has 2 N–H and O–H groups in total. The van der Waals surface area contributed by atoms with E-state index in [0.717, 1.165) is 24.1 Å². The fourth-order valence-electron chi connectivity index (χ4n) is 2.01. The predicted octanol–water partition coefficient (Wildman–Crippen LogP) is 2.03. The van der Waals surface area contributed by atoms with Crippen molar-refractivity contribution in [2.75, 3.05) is 12.8 Å². The lowest BCUT2D eigenvalue weighted by Gasteiger charge is -2.29. The number of carbonyl (C=O) groups is 1. The van der Waals surface area contributed by atoms with Gasteiger partial charge in [-0.05, 0) is 30.5 Å². The van der Waals surface area contributed by atoms with Crippen molar-refractivity contribution in [2.45, 2.75) is 25.8 Å². The molecular weight excluding hydrogens is 200 g/mol. The molecule has 1 amide bonds. The molecule has 0 saturated heterocycles. The van der Waals surface area contributed by atoms with Crippen LogP contribution in [-0.4, -0.2) is 17.9 Å². The number of hydrogen-bond donors (Lipinski definition) is 1. The van der Waals surface area contributed by atoms with E-state index in [1.54, 1.807) is 4.90 Å². The van der Waals surface area contributed by atoms with Crippen molar-refractivity contribution >= 4 is 11.6 Å². The Balaban J connectivity index is 1.95. The topological polar surface area (TPSA) is 46.3 Å². The zero-order valence-corrected chi connectivity index (χ0v) is 9.65. The molecule has 86 valence electrons. The zero-order valence-electron chi connectivity index (χ0n) is 9.65. The summed E-state index contributed by atoms with van der Waals surface area (Å²) in [5.41, 5.74) is 7.55. The number of anilines is 1. The smallest absolute Gasteiger partial charge is 0.225 e. The van der Waals surface area contributed by atoms with Crippen molar-refractivity contribution in [1.29, 1.82) is 0 Å². The molecule has 0 heterocycles. The molecule has 1 aliphatic rings. The highest BCUT2D eigenvalue weighted by atomic mass is 16.2. The Morgan fingerprint density at radius 2 is 2.25 bits per heavy atom. The summed E-state index contributed by atoms with van der Waals surface area (Å²) in [6.45, 7) is 0.653. The maximum atomic E-state index is 11.9. The third-order valence-electron chi connectivity index (χ3n) is 3.20. The van der Waals surface area contributed by atoms with Crippen molar-refractivity contribution in [1.82, 2.24) is 4.90 Å². The first kappa shape index (κ1) is 11.0. The second-order valence-electron chi connectivity index (χ2n) is 4.57. The van der Waals surface area contributed by atoms with Gasteiger partial charge in [0.25, 0.3) is 0 Å². The Morgan fingerprint density at radius 1 is 1.50 bits per heavy atom. The van der Waals surface area contributed by atoms with Crippen molar-refractivity contribution in [3.8, 4) is 0 Å². The number of amides is 1. The van der Waals surface area contributed by atoms with E-state index in [1.807, 2.05) is 31.3 Å². The van der Waals surface area contributed by atoms with Crippen LogP contribution in [0.3, 0.4) is 0 Å². The molecule has 2 rings (SSSR count). The van der Waals surface area contributed by atoms with Gasteiger partial charge in [-0.15, -0.1) is 0 Å². The first-order valence-corrected chi connectivity index (χ1v) is 5.76. The molecule has 1 saturated carbocycles. The molecule has 0 radical (unpaired) electrons. The Hall–Kier alpha value is -1.51. The van der Waals surface area contributed by atoms with Crippen molar-refractivity contribution in [3.63, 3.8) is 0 Å².